The second-order valence-corrected chi connectivity index (χ2v) is 2.41. The lowest BCUT2D eigenvalue weighted by atomic mass is 10.2. The van der Waals surface area contributed by atoms with Crippen molar-refractivity contribution in [1.82, 2.24) is 5.16 Å². The number of carbonyl (C=O) groups excluding carboxylic acids is 1. The van der Waals surface area contributed by atoms with Gasteiger partial charge in [0, 0.05) is 5.56 Å². The minimum atomic E-state index is -0.311. The van der Waals surface area contributed by atoms with Crippen LogP contribution in [-0.4, -0.2) is 11.4 Å². The average molecular weight is 193 g/mol. The fourth-order valence-electron chi connectivity index (χ4n) is 1.04. The summed E-state index contributed by atoms with van der Waals surface area (Å²) >= 11 is 0. The van der Waals surface area contributed by atoms with Gasteiger partial charge in [-0.2, -0.15) is 5.16 Å². The zero-order valence-corrected chi connectivity index (χ0v) is 8.03. The predicted molar refractivity (Wildman–Crippen MR) is 53.6 cm³/mol. The smallest absolute Gasteiger partial charge is 0.287 e. The lowest BCUT2D eigenvalue weighted by molar-refractivity contribution is 0.112. The fourth-order valence-corrected chi connectivity index (χ4v) is 1.04. The number of rotatable bonds is 1. The number of carbonyl (C=O) groups is 1. The van der Waals surface area contributed by atoms with Crippen LogP contribution in [0.5, 0.6) is 0 Å². The van der Waals surface area contributed by atoms with Crippen LogP contribution in [0.3, 0.4) is 0 Å². The van der Waals surface area contributed by atoms with Crippen LogP contribution < -0.4 is 5.56 Å². The Hall–Kier alpha value is -1.84. The number of benzene rings is 1. The van der Waals surface area contributed by atoms with E-state index in [9.17, 15) is 9.59 Å². The quantitative estimate of drug-likeness (QED) is 0.704. The minimum absolute atomic E-state index is 0.311. The molecule has 0 aliphatic heterocycles. The molecule has 2 rings (SSSR count). The number of H-pyrrole nitrogens is 1. The average Bonchev–Trinajstić information content (AvgIpc) is 2.63. The number of hydrogen-bond donors (Lipinski definition) is 1. The van der Waals surface area contributed by atoms with Gasteiger partial charge in [-0.15, -0.1) is 0 Å². The number of hydrogen-bond acceptors (Lipinski definition) is 3. The van der Waals surface area contributed by atoms with Crippen LogP contribution in [0.15, 0.2) is 27.5 Å². The summed E-state index contributed by atoms with van der Waals surface area (Å²) in [4.78, 5) is 21.3. The maximum absolute atomic E-state index is 11.0. The van der Waals surface area contributed by atoms with E-state index in [1.54, 1.807) is 12.1 Å². The van der Waals surface area contributed by atoms with E-state index in [0.717, 1.165) is 0 Å². The highest BCUT2D eigenvalue weighted by Gasteiger charge is 2.02. The van der Waals surface area contributed by atoms with E-state index in [1.807, 2.05) is 13.8 Å². The van der Waals surface area contributed by atoms with Crippen LogP contribution in [-0.2, 0) is 0 Å². The van der Waals surface area contributed by atoms with Crippen LogP contribution in [0.4, 0.5) is 0 Å². The Morgan fingerprint density at radius 3 is 2.71 bits per heavy atom. The number of aldehydes is 1. The Morgan fingerprint density at radius 2 is 2.07 bits per heavy atom. The molecule has 0 amide bonds. The molecule has 0 fully saturated rings. The van der Waals surface area contributed by atoms with E-state index in [4.69, 9.17) is 4.52 Å². The van der Waals surface area contributed by atoms with Gasteiger partial charge in [0.05, 0.1) is 5.39 Å². The zero-order valence-electron chi connectivity index (χ0n) is 8.03. The Morgan fingerprint density at radius 1 is 1.36 bits per heavy atom. The molecule has 1 aromatic heterocycles. The molecule has 0 spiro atoms. The minimum Gasteiger partial charge on any atom is -0.378 e. The van der Waals surface area contributed by atoms with Gasteiger partial charge in [0.2, 0.25) is 0 Å². The lowest BCUT2D eigenvalue weighted by Crippen LogP contribution is -1.96. The number of nitrogens with one attached hydrogen (secondary N) is 1. The van der Waals surface area contributed by atoms with Crippen LogP contribution in [0.2, 0.25) is 0 Å². The molecule has 0 radical (unpaired) electrons. The van der Waals surface area contributed by atoms with Gasteiger partial charge in [0.1, 0.15) is 6.29 Å². The van der Waals surface area contributed by atoms with E-state index in [-0.39, 0.29) is 5.56 Å². The molecular weight excluding hydrogens is 182 g/mol. The summed E-state index contributed by atoms with van der Waals surface area (Å²) in [6.45, 7) is 4.00. The van der Waals surface area contributed by atoms with Crippen molar-refractivity contribution >= 4 is 17.3 Å². The molecule has 0 saturated heterocycles. The molecule has 4 heteroatoms. The normalized spacial score (nSPS) is 9.29. The number of aromatic nitrogens is 1. The topological polar surface area (TPSA) is 63.1 Å². The molecule has 0 unspecified atom stereocenters. The Balaban J connectivity index is 0.000000461. The van der Waals surface area contributed by atoms with Crippen LogP contribution in [0.25, 0.3) is 11.0 Å². The van der Waals surface area contributed by atoms with Crippen molar-refractivity contribution in [3.8, 4) is 0 Å². The predicted octanol–water partition coefficient (Wildman–Crippen LogP) is 1.96. The molecule has 1 heterocycles. The molecule has 1 aromatic carbocycles. The van der Waals surface area contributed by atoms with Gasteiger partial charge in [-0.3, -0.25) is 9.59 Å². The third-order valence-electron chi connectivity index (χ3n) is 1.64. The molecule has 0 aliphatic rings. The van der Waals surface area contributed by atoms with Gasteiger partial charge >= 0.3 is 0 Å². The first kappa shape index (κ1) is 10.2. The van der Waals surface area contributed by atoms with Crippen molar-refractivity contribution < 1.29 is 9.32 Å². The summed E-state index contributed by atoms with van der Waals surface area (Å²) in [6, 6.07) is 4.66. The number of aromatic amines is 1. The molecule has 0 atom stereocenters. The molecule has 74 valence electrons. The summed E-state index contributed by atoms with van der Waals surface area (Å²) in [7, 11) is 0. The highest BCUT2D eigenvalue weighted by atomic mass is 16.5. The van der Waals surface area contributed by atoms with Gasteiger partial charge < -0.3 is 4.52 Å². The molecule has 1 N–H and O–H groups in total. The van der Waals surface area contributed by atoms with E-state index in [0.29, 0.717) is 22.8 Å². The lowest BCUT2D eigenvalue weighted by Gasteiger charge is -1.86. The second-order valence-electron chi connectivity index (χ2n) is 2.41. The van der Waals surface area contributed by atoms with E-state index in [1.165, 1.54) is 6.07 Å². The monoisotopic (exact) mass is 193 g/mol. The molecule has 2 aromatic rings. The van der Waals surface area contributed by atoms with Crippen molar-refractivity contribution in [1.29, 1.82) is 0 Å². The maximum atomic E-state index is 11.0. The summed E-state index contributed by atoms with van der Waals surface area (Å²) in [6.07, 6.45) is 0.686. The Bertz CT molecular complexity index is 481. The standard InChI is InChI=1S/C8H5NO3.C2H6/c10-4-5-1-2-7-6(3-5)8(11)9-12-7;1-2/h1-4H,(H,9,11);1-2H3. The second kappa shape index (κ2) is 4.41. The van der Waals surface area contributed by atoms with Crippen LogP contribution in [0.1, 0.15) is 24.2 Å². The van der Waals surface area contributed by atoms with Gasteiger partial charge in [-0.05, 0) is 18.2 Å². The van der Waals surface area contributed by atoms with Crippen molar-refractivity contribution in [3.63, 3.8) is 0 Å². The first-order chi connectivity index (χ1) is 6.81. The summed E-state index contributed by atoms with van der Waals surface area (Å²) in [5.41, 5.74) is 0.619. The highest BCUT2D eigenvalue weighted by Crippen LogP contribution is 2.09. The summed E-state index contributed by atoms with van der Waals surface area (Å²) in [5.74, 6) is 0. The molecular formula is C10H11NO3. The van der Waals surface area contributed by atoms with E-state index in [2.05, 4.69) is 5.16 Å². The largest absolute Gasteiger partial charge is 0.378 e. The molecule has 0 aliphatic carbocycles. The fraction of sp³-hybridized carbons (Fsp3) is 0.200. The first-order valence-electron chi connectivity index (χ1n) is 4.37. The van der Waals surface area contributed by atoms with Crippen molar-refractivity contribution in [2.75, 3.05) is 0 Å². The van der Waals surface area contributed by atoms with Gasteiger partial charge in [0.15, 0.2) is 5.58 Å². The third kappa shape index (κ3) is 1.74. The summed E-state index contributed by atoms with van der Waals surface area (Å²) in [5, 5.41) is 2.58. The first-order valence-corrected chi connectivity index (χ1v) is 4.37. The van der Waals surface area contributed by atoms with Crippen LogP contribution >= 0.6 is 0 Å². The Labute approximate surface area is 80.5 Å². The van der Waals surface area contributed by atoms with E-state index < -0.39 is 0 Å². The molecule has 14 heavy (non-hydrogen) atoms. The molecule has 4 nitrogen and oxygen atoms in total. The van der Waals surface area contributed by atoms with Crippen LogP contribution in [0, 0.1) is 0 Å². The Kier molecular flexibility index (Phi) is 3.23. The highest BCUT2D eigenvalue weighted by molar-refractivity contribution is 5.85. The van der Waals surface area contributed by atoms with Crippen molar-refractivity contribution in [3.05, 3.63) is 34.1 Å². The third-order valence-corrected chi connectivity index (χ3v) is 1.64. The van der Waals surface area contributed by atoms with Crippen molar-refractivity contribution in [2.45, 2.75) is 13.8 Å². The SMILES string of the molecule is CC.O=Cc1ccc2o[nH]c(=O)c2c1. The molecule has 0 bridgehead atoms. The van der Waals surface area contributed by atoms with Crippen molar-refractivity contribution in [2.24, 2.45) is 0 Å². The number of fused-ring (bicyclic) bond motifs is 1. The van der Waals surface area contributed by atoms with Gasteiger partial charge in [-0.1, -0.05) is 13.8 Å². The van der Waals surface area contributed by atoms with E-state index >= 15 is 0 Å². The zero-order chi connectivity index (χ0) is 10.6. The van der Waals surface area contributed by atoms with Gasteiger partial charge in [-0.25, -0.2) is 0 Å². The maximum Gasteiger partial charge on any atom is 0.287 e. The summed E-state index contributed by atoms with van der Waals surface area (Å²) < 4.78 is 4.79. The van der Waals surface area contributed by atoms with Gasteiger partial charge in [0.25, 0.3) is 5.56 Å². The molecule has 0 saturated carbocycles.